The molecule has 0 fully saturated rings. The van der Waals surface area contributed by atoms with Crippen LogP contribution in [0.25, 0.3) is 22.3 Å². The summed E-state index contributed by atoms with van der Waals surface area (Å²) in [7, 11) is -3.87. The number of hydrogen-bond acceptors (Lipinski definition) is 4. The zero-order valence-corrected chi connectivity index (χ0v) is 15.4. The van der Waals surface area contributed by atoms with Crippen molar-refractivity contribution in [1.29, 1.82) is 0 Å². The summed E-state index contributed by atoms with van der Waals surface area (Å²) in [5.41, 5.74) is 2.47. The van der Waals surface area contributed by atoms with E-state index in [1.165, 1.54) is 10.3 Å². The molecule has 2 aromatic heterocycles. The molecule has 4 aromatic rings. The lowest BCUT2D eigenvalue weighted by molar-refractivity contribution is 0.589. The van der Waals surface area contributed by atoms with Crippen LogP contribution in [0.5, 0.6) is 0 Å². The number of rotatable bonds is 3. The predicted molar refractivity (Wildman–Crippen MR) is 102 cm³/mol. The first-order valence-electron chi connectivity index (χ1n) is 7.88. The van der Waals surface area contributed by atoms with Crippen molar-refractivity contribution in [2.24, 2.45) is 0 Å². The molecule has 7 heteroatoms. The van der Waals surface area contributed by atoms with Crippen molar-refractivity contribution in [1.82, 2.24) is 13.9 Å². The third-order valence-electron chi connectivity index (χ3n) is 4.14. The fraction of sp³-hybridized carbons (Fsp3) is 0.0526. The molecule has 0 saturated heterocycles. The highest BCUT2D eigenvalue weighted by atomic mass is 35.5. The Morgan fingerprint density at radius 1 is 0.962 bits per heavy atom. The number of aromatic nitrogens is 3. The molecule has 2 heterocycles. The van der Waals surface area contributed by atoms with Crippen LogP contribution >= 0.6 is 11.6 Å². The Kier molecular flexibility index (Phi) is 4.01. The van der Waals surface area contributed by atoms with Crippen LogP contribution in [0.4, 0.5) is 0 Å². The molecule has 0 N–H and O–H groups in total. The van der Waals surface area contributed by atoms with Gasteiger partial charge in [-0.2, -0.15) is 0 Å². The second-order valence-corrected chi connectivity index (χ2v) is 8.02. The number of halogens is 1. The smallest absolute Gasteiger partial charge is 0.224 e. The lowest BCUT2D eigenvalue weighted by Gasteiger charge is -2.12. The number of hydrogen-bond donors (Lipinski definition) is 0. The number of aryl methyl sites for hydroxylation is 1. The zero-order chi connectivity index (χ0) is 18.3. The fourth-order valence-corrected chi connectivity index (χ4v) is 4.49. The molecule has 0 bridgehead atoms. The molecule has 26 heavy (non-hydrogen) atoms. The molecule has 0 unspecified atom stereocenters. The lowest BCUT2D eigenvalue weighted by atomic mass is 10.1. The van der Waals surface area contributed by atoms with Crippen molar-refractivity contribution >= 4 is 32.7 Å². The average Bonchev–Trinajstić information content (AvgIpc) is 3.05. The molecule has 130 valence electrons. The summed E-state index contributed by atoms with van der Waals surface area (Å²) in [5.74, 6) is 0. The van der Waals surface area contributed by atoms with Crippen LogP contribution < -0.4 is 0 Å². The fourth-order valence-electron chi connectivity index (χ4n) is 2.83. The first-order valence-corrected chi connectivity index (χ1v) is 9.70. The van der Waals surface area contributed by atoms with E-state index >= 15 is 0 Å². The van der Waals surface area contributed by atoms with Crippen LogP contribution in [0, 0.1) is 6.92 Å². The third-order valence-corrected chi connectivity index (χ3v) is 6.15. The van der Waals surface area contributed by atoms with E-state index in [-0.39, 0.29) is 15.7 Å². The maximum absolute atomic E-state index is 13.4. The number of benzene rings is 2. The van der Waals surface area contributed by atoms with Crippen molar-refractivity contribution in [2.75, 3.05) is 0 Å². The SMILES string of the molecule is Cc1ccc(S(=O)(=O)n2c(-c3ccccc3)cc3c(Cl)ncnc32)cc1. The summed E-state index contributed by atoms with van der Waals surface area (Å²) in [4.78, 5) is 8.34. The Balaban J connectivity index is 2.08. The van der Waals surface area contributed by atoms with Gasteiger partial charge in [-0.25, -0.2) is 22.4 Å². The predicted octanol–water partition coefficient (Wildman–Crippen LogP) is 4.30. The monoisotopic (exact) mass is 383 g/mol. The summed E-state index contributed by atoms with van der Waals surface area (Å²) in [5, 5.41) is 0.703. The molecule has 0 radical (unpaired) electrons. The van der Waals surface area contributed by atoms with Crippen LogP contribution in [-0.4, -0.2) is 22.4 Å². The van der Waals surface area contributed by atoms with Gasteiger partial charge in [0.25, 0.3) is 10.0 Å². The first-order chi connectivity index (χ1) is 12.5. The van der Waals surface area contributed by atoms with Gasteiger partial charge in [0.2, 0.25) is 0 Å². The summed E-state index contributed by atoms with van der Waals surface area (Å²) < 4.78 is 28.0. The maximum Gasteiger partial charge on any atom is 0.269 e. The van der Waals surface area contributed by atoms with Gasteiger partial charge in [-0.3, -0.25) is 0 Å². The second kappa shape index (κ2) is 6.23. The highest BCUT2D eigenvalue weighted by Gasteiger charge is 2.25. The van der Waals surface area contributed by atoms with Gasteiger partial charge in [0.15, 0.2) is 5.65 Å². The van der Waals surface area contributed by atoms with E-state index in [4.69, 9.17) is 11.6 Å². The molecule has 0 atom stereocenters. The zero-order valence-electron chi connectivity index (χ0n) is 13.8. The standard InChI is InChI=1S/C19H14ClN3O2S/c1-13-7-9-15(10-8-13)26(24,25)23-17(14-5-3-2-4-6-14)11-16-18(20)21-12-22-19(16)23/h2-12H,1H3. The molecule has 0 saturated carbocycles. The van der Waals surface area contributed by atoms with Crippen molar-refractivity contribution < 1.29 is 8.42 Å². The van der Waals surface area contributed by atoms with E-state index in [0.717, 1.165) is 11.1 Å². The molecule has 0 spiro atoms. The normalized spacial score (nSPS) is 11.8. The summed E-state index contributed by atoms with van der Waals surface area (Å²) in [6.45, 7) is 1.91. The molecular weight excluding hydrogens is 370 g/mol. The van der Waals surface area contributed by atoms with Gasteiger partial charge in [0.05, 0.1) is 16.0 Å². The van der Waals surface area contributed by atoms with E-state index in [1.54, 1.807) is 30.3 Å². The van der Waals surface area contributed by atoms with Gasteiger partial charge in [0, 0.05) is 0 Å². The van der Waals surface area contributed by atoms with Crippen LogP contribution in [0.3, 0.4) is 0 Å². The molecule has 0 aliphatic carbocycles. The van der Waals surface area contributed by atoms with Gasteiger partial charge in [-0.1, -0.05) is 59.6 Å². The Hall–Kier alpha value is -2.70. The van der Waals surface area contributed by atoms with Crippen molar-refractivity contribution in [3.8, 4) is 11.3 Å². The molecule has 5 nitrogen and oxygen atoms in total. The molecular formula is C19H14ClN3O2S. The van der Waals surface area contributed by atoms with E-state index < -0.39 is 10.0 Å². The minimum Gasteiger partial charge on any atom is -0.224 e. The molecule has 2 aromatic carbocycles. The number of fused-ring (bicyclic) bond motifs is 1. The van der Waals surface area contributed by atoms with Gasteiger partial charge < -0.3 is 0 Å². The minimum absolute atomic E-state index is 0.188. The Labute approximate surface area is 156 Å². The van der Waals surface area contributed by atoms with Crippen molar-refractivity contribution in [3.05, 3.63) is 77.7 Å². The van der Waals surface area contributed by atoms with Crippen LogP contribution in [0.15, 0.2) is 71.9 Å². The minimum atomic E-state index is -3.87. The maximum atomic E-state index is 13.4. The highest BCUT2D eigenvalue weighted by molar-refractivity contribution is 7.90. The Bertz CT molecular complexity index is 1200. The average molecular weight is 384 g/mol. The summed E-state index contributed by atoms with van der Waals surface area (Å²) in [6.07, 6.45) is 1.26. The summed E-state index contributed by atoms with van der Waals surface area (Å²) in [6, 6.07) is 17.7. The second-order valence-electron chi connectivity index (χ2n) is 5.88. The van der Waals surface area contributed by atoms with Gasteiger partial charge >= 0.3 is 0 Å². The van der Waals surface area contributed by atoms with E-state index in [1.807, 2.05) is 37.3 Å². The van der Waals surface area contributed by atoms with E-state index in [0.29, 0.717) is 11.1 Å². The van der Waals surface area contributed by atoms with Crippen molar-refractivity contribution in [2.45, 2.75) is 11.8 Å². The lowest BCUT2D eigenvalue weighted by Crippen LogP contribution is -2.14. The Morgan fingerprint density at radius 3 is 2.35 bits per heavy atom. The quantitative estimate of drug-likeness (QED) is 0.495. The molecule has 4 rings (SSSR count). The van der Waals surface area contributed by atoms with Crippen LogP contribution in [0.2, 0.25) is 5.15 Å². The number of nitrogens with zero attached hydrogens (tertiary/aromatic N) is 3. The van der Waals surface area contributed by atoms with Crippen LogP contribution in [0.1, 0.15) is 5.56 Å². The third kappa shape index (κ3) is 2.67. The summed E-state index contributed by atoms with van der Waals surface area (Å²) >= 11 is 6.19. The topological polar surface area (TPSA) is 64.8 Å². The van der Waals surface area contributed by atoms with E-state index in [9.17, 15) is 8.42 Å². The van der Waals surface area contributed by atoms with Gasteiger partial charge in [0.1, 0.15) is 11.5 Å². The van der Waals surface area contributed by atoms with Gasteiger partial charge in [-0.15, -0.1) is 0 Å². The largest absolute Gasteiger partial charge is 0.269 e. The Morgan fingerprint density at radius 2 is 1.65 bits per heavy atom. The van der Waals surface area contributed by atoms with Crippen LogP contribution in [-0.2, 0) is 10.0 Å². The molecule has 0 amide bonds. The first kappa shape index (κ1) is 16.8. The van der Waals surface area contributed by atoms with Crippen molar-refractivity contribution in [3.63, 3.8) is 0 Å². The molecule has 0 aliphatic rings. The van der Waals surface area contributed by atoms with Gasteiger partial charge in [-0.05, 0) is 30.7 Å². The molecule has 0 aliphatic heterocycles. The highest BCUT2D eigenvalue weighted by Crippen LogP contribution is 2.33. The van der Waals surface area contributed by atoms with E-state index in [2.05, 4.69) is 9.97 Å².